The number of carbonyl (C=O) groups excluding carboxylic acids is 2. The van der Waals surface area contributed by atoms with Crippen molar-refractivity contribution in [2.75, 3.05) is 7.11 Å². The number of rotatable bonds is 9. The lowest BCUT2D eigenvalue weighted by molar-refractivity contribution is -0.143. The maximum atomic E-state index is 11.9. The third-order valence-corrected chi connectivity index (χ3v) is 4.57. The van der Waals surface area contributed by atoms with E-state index < -0.39 is 30.1 Å². The molecule has 1 amide bonds. The van der Waals surface area contributed by atoms with Crippen LogP contribution in [0.5, 0.6) is 0 Å². The van der Waals surface area contributed by atoms with Crippen LogP contribution in [-0.2, 0) is 38.5 Å². The van der Waals surface area contributed by atoms with E-state index in [0.29, 0.717) is 12.1 Å². The third kappa shape index (κ3) is 9.53. The van der Waals surface area contributed by atoms with Gasteiger partial charge < -0.3 is 30.6 Å². The van der Waals surface area contributed by atoms with E-state index in [0.717, 1.165) is 11.1 Å². The van der Waals surface area contributed by atoms with Gasteiger partial charge in [-0.15, -0.1) is 0 Å². The number of aliphatic carboxylic acids is 1. The molecule has 0 fully saturated rings. The summed E-state index contributed by atoms with van der Waals surface area (Å²) >= 11 is 0. The number of esters is 1. The maximum absolute atomic E-state index is 11.9. The number of alkyl carbamates (subject to hydrolysis) is 1. The number of nitrogens with zero attached hydrogens (tertiary/aromatic N) is 1. The number of ether oxygens (including phenoxy) is 2. The normalized spacial score (nSPS) is 11.8. The zero-order valence-electron chi connectivity index (χ0n) is 18.7. The Labute approximate surface area is 197 Å². The number of aromatic nitrogens is 2. The van der Waals surface area contributed by atoms with Crippen molar-refractivity contribution in [1.82, 2.24) is 15.3 Å². The number of hydrogen-bond donors (Lipinski definition) is 4. The van der Waals surface area contributed by atoms with E-state index in [-0.39, 0.29) is 13.0 Å². The molecule has 0 saturated heterocycles. The van der Waals surface area contributed by atoms with Gasteiger partial charge in [-0.3, -0.25) is 4.79 Å². The van der Waals surface area contributed by atoms with Crippen LogP contribution in [0, 0.1) is 0 Å². The predicted octanol–water partition coefficient (Wildman–Crippen LogP) is 2.06. The van der Waals surface area contributed by atoms with Crippen LogP contribution in [-0.4, -0.2) is 52.3 Å². The molecule has 1 heterocycles. The van der Waals surface area contributed by atoms with E-state index in [2.05, 4.69) is 15.3 Å². The largest absolute Gasteiger partial charge is 0.480 e. The molecule has 10 nitrogen and oxygen atoms in total. The molecule has 0 spiro atoms. The smallest absolute Gasteiger partial charge is 0.408 e. The molecule has 0 aliphatic rings. The van der Waals surface area contributed by atoms with Crippen LogP contribution in [0.25, 0.3) is 0 Å². The summed E-state index contributed by atoms with van der Waals surface area (Å²) in [5.41, 5.74) is 7.72. The van der Waals surface area contributed by atoms with Crippen molar-refractivity contribution in [2.24, 2.45) is 5.73 Å². The Balaban J connectivity index is 0.000000310. The highest BCUT2D eigenvalue weighted by molar-refractivity contribution is 5.81. The van der Waals surface area contributed by atoms with Crippen molar-refractivity contribution >= 4 is 18.0 Å². The second-order valence-corrected chi connectivity index (χ2v) is 7.18. The fraction of sp³-hybridized carbons (Fsp3) is 0.250. The fourth-order valence-electron chi connectivity index (χ4n) is 2.81. The molecule has 0 aliphatic carbocycles. The lowest BCUT2D eigenvalue weighted by atomic mass is 10.1. The van der Waals surface area contributed by atoms with E-state index in [1.807, 2.05) is 60.7 Å². The summed E-state index contributed by atoms with van der Waals surface area (Å²) in [6.45, 7) is 0.145. The molecule has 34 heavy (non-hydrogen) atoms. The average molecular weight is 469 g/mol. The van der Waals surface area contributed by atoms with E-state index in [1.54, 1.807) is 6.20 Å². The molecular formula is C24H28N4O6. The Morgan fingerprint density at radius 3 is 2.18 bits per heavy atom. The van der Waals surface area contributed by atoms with Crippen LogP contribution in [0.2, 0.25) is 0 Å². The molecule has 0 unspecified atom stereocenters. The monoisotopic (exact) mass is 468 g/mol. The molecule has 0 aliphatic heterocycles. The number of carboxylic acid groups (broad SMARTS) is 1. The average Bonchev–Trinajstić information content (AvgIpc) is 3.36. The summed E-state index contributed by atoms with van der Waals surface area (Å²) in [6.07, 6.45) is 3.07. The molecule has 3 aromatic rings. The van der Waals surface area contributed by atoms with Crippen LogP contribution >= 0.6 is 0 Å². The molecule has 1 aromatic heterocycles. The second-order valence-electron chi connectivity index (χ2n) is 7.18. The number of imidazole rings is 1. The summed E-state index contributed by atoms with van der Waals surface area (Å²) in [6, 6.07) is 17.1. The van der Waals surface area contributed by atoms with Gasteiger partial charge in [-0.05, 0) is 11.1 Å². The molecule has 0 saturated carbocycles. The van der Waals surface area contributed by atoms with Gasteiger partial charge in [0, 0.05) is 19.0 Å². The van der Waals surface area contributed by atoms with E-state index in [9.17, 15) is 14.4 Å². The summed E-state index contributed by atoms with van der Waals surface area (Å²) in [7, 11) is 1.29. The molecule has 3 rings (SSSR count). The molecule has 5 N–H and O–H groups in total. The fourth-order valence-corrected chi connectivity index (χ4v) is 2.81. The second kappa shape index (κ2) is 14.1. The van der Waals surface area contributed by atoms with Crippen LogP contribution in [0.1, 0.15) is 16.8 Å². The van der Waals surface area contributed by atoms with Crippen molar-refractivity contribution in [3.63, 3.8) is 0 Å². The Morgan fingerprint density at radius 1 is 1.03 bits per heavy atom. The van der Waals surface area contributed by atoms with E-state index >= 15 is 0 Å². The number of carboxylic acids is 1. The first-order chi connectivity index (χ1) is 16.4. The Kier molecular flexibility index (Phi) is 10.8. The van der Waals surface area contributed by atoms with Gasteiger partial charge in [0.2, 0.25) is 0 Å². The number of carbonyl (C=O) groups is 3. The SMILES string of the molecule is COC(=O)[C@@H](Cc1ccccc1)NC(=O)OCc1ccccc1.N[C@H](Cc1c[nH]cn1)C(=O)O. The van der Waals surface area contributed by atoms with Crippen LogP contribution < -0.4 is 11.1 Å². The minimum absolute atomic E-state index is 0.145. The summed E-state index contributed by atoms with van der Waals surface area (Å²) in [5, 5.41) is 11.0. The van der Waals surface area contributed by atoms with Crippen LogP contribution in [0.3, 0.4) is 0 Å². The van der Waals surface area contributed by atoms with Gasteiger partial charge in [0.1, 0.15) is 18.7 Å². The van der Waals surface area contributed by atoms with Crippen molar-refractivity contribution in [3.05, 3.63) is 90.0 Å². The lowest BCUT2D eigenvalue weighted by Gasteiger charge is -2.16. The highest BCUT2D eigenvalue weighted by atomic mass is 16.6. The highest BCUT2D eigenvalue weighted by Gasteiger charge is 2.22. The first-order valence-corrected chi connectivity index (χ1v) is 10.4. The van der Waals surface area contributed by atoms with Crippen molar-refractivity contribution in [2.45, 2.75) is 31.5 Å². The van der Waals surface area contributed by atoms with Crippen LogP contribution in [0.15, 0.2) is 73.2 Å². The number of amides is 1. The minimum atomic E-state index is -1.01. The molecular weight excluding hydrogens is 440 g/mol. The number of aromatic amines is 1. The number of nitrogens with one attached hydrogen (secondary N) is 2. The van der Waals surface area contributed by atoms with Gasteiger partial charge in [0.25, 0.3) is 0 Å². The van der Waals surface area contributed by atoms with E-state index in [4.69, 9.17) is 20.3 Å². The zero-order valence-corrected chi connectivity index (χ0v) is 18.7. The zero-order chi connectivity index (χ0) is 24.8. The van der Waals surface area contributed by atoms with Crippen molar-refractivity contribution < 1.29 is 29.0 Å². The third-order valence-electron chi connectivity index (χ3n) is 4.57. The Bertz CT molecular complexity index is 1010. The standard InChI is InChI=1S/C18H19NO4.C6H9N3O2/c1-22-17(20)16(12-14-8-4-2-5-9-14)19-18(21)23-13-15-10-6-3-7-11-15;7-5(6(10)11)1-4-2-8-3-9-4/h2-11,16H,12-13H2,1H3,(H,19,21);2-3,5H,1,7H2,(H,8,9)(H,10,11)/t16-;5-/m11/s1. The Hall–Kier alpha value is -4.18. The van der Waals surface area contributed by atoms with Gasteiger partial charge in [-0.1, -0.05) is 60.7 Å². The quantitative estimate of drug-likeness (QED) is 0.348. The number of hydrogen-bond acceptors (Lipinski definition) is 7. The number of benzene rings is 2. The van der Waals surface area contributed by atoms with Gasteiger partial charge in [-0.2, -0.15) is 0 Å². The van der Waals surface area contributed by atoms with Crippen molar-refractivity contribution in [1.29, 1.82) is 0 Å². The van der Waals surface area contributed by atoms with Gasteiger partial charge >= 0.3 is 18.0 Å². The Morgan fingerprint density at radius 2 is 1.65 bits per heavy atom. The van der Waals surface area contributed by atoms with E-state index in [1.165, 1.54) is 13.4 Å². The van der Waals surface area contributed by atoms with Crippen LogP contribution in [0.4, 0.5) is 4.79 Å². The van der Waals surface area contributed by atoms with Crippen molar-refractivity contribution in [3.8, 4) is 0 Å². The van der Waals surface area contributed by atoms with Gasteiger partial charge in [0.05, 0.1) is 19.1 Å². The topological polar surface area (TPSA) is 157 Å². The first kappa shape index (κ1) is 26.1. The first-order valence-electron chi connectivity index (χ1n) is 10.4. The molecule has 0 bridgehead atoms. The molecule has 2 aromatic carbocycles. The lowest BCUT2D eigenvalue weighted by Crippen LogP contribution is -2.43. The minimum Gasteiger partial charge on any atom is -0.480 e. The molecule has 0 radical (unpaired) electrons. The molecule has 180 valence electrons. The predicted molar refractivity (Wildman–Crippen MR) is 124 cm³/mol. The van der Waals surface area contributed by atoms with Gasteiger partial charge in [-0.25, -0.2) is 14.6 Å². The summed E-state index contributed by atoms with van der Waals surface area (Å²) in [5.74, 6) is -1.52. The maximum Gasteiger partial charge on any atom is 0.408 e. The summed E-state index contributed by atoms with van der Waals surface area (Å²) < 4.78 is 9.87. The number of H-pyrrole nitrogens is 1. The molecule has 2 atom stereocenters. The highest BCUT2D eigenvalue weighted by Crippen LogP contribution is 2.06. The summed E-state index contributed by atoms with van der Waals surface area (Å²) in [4.78, 5) is 40.5. The van der Waals surface area contributed by atoms with Gasteiger partial charge in [0.15, 0.2) is 0 Å². The number of nitrogens with two attached hydrogens (primary N) is 1. The molecule has 10 heteroatoms. The number of methoxy groups -OCH3 is 1.